The fourth-order valence-corrected chi connectivity index (χ4v) is 2.80. The molecule has 0 aliphatic carbocycles. The van der Waals surface area contributed by atoms with E-state index in [0.717, 1.165) is 36.0 Å². The number of halogens is 2. The summed E-state index contributed by atoms with van der Waals surface area (Å²) in [5, 5.41) is 15.9. The summed E-state index contributed by atoms with van der Waals surface area (Å²) in [4.78, 5) is 4.42. The fraction of sp³-hybridized carbons (Fsp3) is 0.211. The maximum atomic E-state index is 6.00. The largest absolute Gasteiger partial charge is 0.368 e. The zero-order valence-corrected chi connectivity index (χ0v) is 15.6. The van der Waals surface area contributed by atoms with E-state index >= 15 is 0 Å². The average molecular weight is 388 g/mol. The maximum Gasteiger partial charge on any atom is 0.244 e. The molecule has 2 N–H and O–H groups in total. The molecule has 26 heavy (non-hydrogen) atoms. The molecule has 0 unspecified atom stereocenters. The van der Waals surface area contributed by atoms with Crippen LogP contribution in [0.2, 0.25) is 10.0 Å². The highest BCUT2D eigenvalue weighted by atomic mass is 35.5. The first-order valence-corrected chi connectivity index (χ1v) is 9.11. The summed E-state index contributed by atoms with van der Waals surface area (Å²) in [5.41, 5.74) is 2.37. The standard InChI is InChI=1S/C19H19Cl2N5/c20-16-6-4-14(5-7-16)8-11-23-19-25-18(13-24-26-19)22-10-9-15-2-1-3-17(21)12-15/h1-7,12-13H,8-11H2,(H2,22,23,25,26). The Balaban J connectivity index is 1.46. The van der Waals surface area contributed by atoms with Gasteiger partial charge in [-0.15, -0.1) is 5.10 Å². The van der Waals surface area contributed by atoms with Gasteiger partial charge in [0.15, 0.2) is 5.82 Å². The fourth-order valence-electron chi connectivity index (χ4n) is 2.46. The van der Waals surface area contributed by atoms with Gasteiger partial charge in [-0.1, -0.05) is 47.5 Å². The molecule has 3 rings (SSSR count). The van der Waals surface area contributed by atoms with Crippen molar-refractivity contribution in [1.82, 2.24) is 15.2 Å². The number of benzene rings is 2. The lowest BCUT2D eigenvalue weighted by Crippen LogP contribution is -2.12. The van der Waals surface area contributed by atoms with Crippen LogP contribution in [0.5, 0.6) is 0 Å². The van der Waals surface area contributed by atoms with Gasteiger partial charge in [0.2, 0.25) is 5.95 Å². The molecule has 0 aliphatic heterocycles. The van der Waals surface area contributed by atoms with E-state index in [-0.39, 0.29) is 0 Å². The smallest absolute Gasteiger partial charge is 0.244 e. The van der Waals surface area contributed by atoms with Gasteiger partial charge in [0.25, 0.3) is 0 Å². The van der Waals surface area contributed by atoms with E-state index in [1.807, 2.05) is 42.5 Å². The molecule has 0 amide bonds. The van der Waals surface area contributed by atoms with Crippen LogP contribution in [0.3, 0.4) is 0 Å². The van der Waals surface area contributed by atoms with E-state index < -0.39 is 0 Å². The SMILES string of the molecule is Clc1ccc(CCNc2nncc(NCCc3cccc(Cl)c3)n2)cc1. The predicted octanol–water partition coefficient (Wildman–Crippen LogP) is 4.49. The quantitative estimate of drug-likeness (QED) is 0.596. The van der Waals surface area contributed by atoms with Crippen molar-refractivity contribution in [2.75, 3.05) is 23.7 Å². The molecule has 1 aromatic heterocycles. The number of anilines is 2. The van der Waals surface area contributed by atoms with Crippen molar-refractivity contribution in [3.63, 3.8) is 0 Å². The van der Waals surface area contributed by atoms with Crippen molar-refractivity contribution >= 4 is 35.0 Å². The minimum Gasteiger partial charge on any atom is -0.368 e. The van der Waals surface area contributed by atoms with Crippen LogP contribution >= 0.6 is 23.2 Å². The minimum absolute atomic E-state index is 0.506. The third-order valence-corrected chi connectivity index (χ3v) is 4.26. The number of nitrogens with one attached hydrogen (secondary N) is 2. The normalized spacial score (nSPS) is 10.5. The summed E-state index contributed by atoms with van der Waals surface area (Å²) in [6.07, 6.45) is 3.32. The van der Waals surface area contributed by atoms with Gasteiger partial charge in [-0.25, -0.2) is 0 Å². The van der Waals surface area contributed by atoms with Crippen LogP contribution in [0.25, 0.3) is 0 Å². The van der Waals surface area contributed by atoms with Crippen molar-refractivity contribution in [3.05, 3.63) is 75.9 Å². The van der Waals surface area contributed by atoms with E-state index in [1.165, 1.54) is 11.1 Å². The molecule has 0 saturated heterocycles. The van der Waals surface area contributed by atoms with Gasteiger partial charge in [0, 0.05) is 23.1 Å². The Morgan fingerprint density at radius 2 is 1.58 bits per heavy atom. The van der Waals surface area contributed by atoms with E-state index in [0.29, 0.717) is 11.8 Å². The first-order valence-electron chi connectivity index (χ1n) is 8.35. The topological polar surface area (TPSA) is 62.7 Å². The number of aromatic nitrogens is 3. The highest BCUT2D eigenvalue weighted by Crippen LogP contribution is 2.12. The molecular formula is C19H19Cl2N5. The molecule has 5 nitrogen and oxygen atoms in total. The number of hydrogen-bond acceptors (Lipinski definition) is 5. The molecule has 0 bridgehead atoms. The van der Waals surface area contributed by atoms with Gasteiger partial charge in [-0.3, -0.25) is 0 Å². The Morgan fingerprint density at radius 3 is 2.38 bits per heavy atom. The Hall–Kier alpha value is -2.37. The highest BCUT2D eigenvalue weighted by Gasteiger charge is 2.01. The van der Waals surface area contributed by atoms with Crippen LogP contribution in [0, 0.1) is 0 Å². The molecule has 7 heteroatoms. The molecule has 3 aromatic rings. The van der Waals surface area contributed by atoms with Crippen LogP contribution in [-0.2, 0) is 12.8 Å². The average Bonchev–Trinajstić information content (AvgIpc) is 2.64. The van der Waals surface area contributed by atoms with Gasteiger partial charge in [-0.05, 0) is 48.2 Å². The first-order chi connectivity index (χ1) is 12.7. The van der Waals surface area contributed by atoms with Crippen LogP contribution in [0.1, 0.15) is 11.1 Å². The number of hydrogen-bond donors (Lipinski definition) is 2. The molecular weight excluding hydrogens is 369 g/mol. The second-order valence-corrected chi connectivity index (χ2v) is 6.65. The third-order valence-electron chi connectivity index (χ3n) is 3.78. The van der Waals surface area contributed by atoms with Crippen molar-refractivity contribution < 1.29 is 0 Å². The minimum atomic E-state index is 0.506. The van der Waals surface area contributed by atoms with Gasteiger partial charge in [0.1, 0.15) is 0 Å². The summed E-state index contributed by atoms with van der Waals surface area (Å²) < 4.78 is 0. The molecule has 0 fully saturated rings. The highest BCUT2D eigenvalue weighted by molar-refractivity contribution is 6.30. The van der Waals surface area contributed by atoms with Crippen molar-refractivity contribution in [2.24, 2.45) is 0 Å². The Labute approximate surface area is 162 Å². The molecule has 2 aromatic carbocycles. The number of rotatable bonds is 8. The first kappa shape index (κ1) is 18.4. The number of nitrogens with zero attached hydrogens (tertiary/aromatic N) is 3. The van der Waals surface area contributed by atoms with Crippen molar-refractivity contribution in [2.45, 2.75) is 12.8 Å². The molecule has 0 spiro atoms. The molecule has 134 valence electrons. The van der Waals surface area contributed by atoms with E-state index in [9.17, 15) is 0 Å². The molecule has 0 atom stereocenters. The third kappa shape index (κ3) is 5.86. The maximum absolute atomic E-state index is 6.00. The Kier molecular flexibility index (Phi) is 6.63. The summed E-state index contributed by atoms with van der Waals surface area (Å²) >= 11 is 11.9. The van der Waals surface area contributed by atoms with Gasteiger partial charge in [-0.2, -0.15) is 10.1 Å². The molecule has 0 aliphatic rings. The lowest BCUT2D eigenvalue weighted by atomic mass is 10.1. The zero-order valence-electron chi connectivity index (χ0n) is 14.1. The Morgan fingerprint density at radius 1 is 0.808 bits per heavy atom. The summed E-state index contributed by atoms with van der Waals surface area (Å²) in [6, 6.07) is 15.6. The summed E-state index contributed by atoms with van der Waals surface area (Å²) in [6.45, 7) is 1.46. The summed E-state index contributed by atoms with van der Waals surface area (Å²) in [7, 11) is 0. The van der Waals surface area contributed by atoms with E-state index in [1.54, 1.807) is 6.20 Å². The predicted molar refractivity (Wildman–Crippen MR) is 107 cm³/mol. The van der Waals surface area contributed by atoms with E-state index in [4.69, 9.17) is 23.2 Å². The van der Waals surface area contributed by atoms with Crippen LogP contribution in [-0.4, -0.2) is 28.3 Å². The second kappa shape index (κ2) is 9.36. The van der Waals surface area contributed by atoms with Gasteiger partial charge >= 0.3 is 0 Å². The molecule has 1 heterocycles. The van der Waals surface area contributed by atoms with Crippen LogP contribution < -0.4 is 10.6 Å². The lowest BCUT2D eigenvalue weighted by Gasteiger charge is -2.08. The van der Waals surface area contributed by atoms with Gasteiger partial charge < -0.3 is 10.6 Å². The van der Waals surface area contributed by atoms with Crippen LogP contribution in [0.4, 0.5) is 11.8 Å². The van der Waals surface area contributed by atoms with Crippen LogP contribution in [0.15, 0.2) is 54.7 Å². The zero-order chi connectivity index (χ0) is 18.2. The summed E-state index contributed by atoms with van der Waals surface area (Å²) in [5.74, 6) is 1.20. The monoisotopic (exact) mass is 387 g/mol. The molecule has 0 radical (unpaired) electrons. The van der Waals surface area contributed by atoms with E-state index in [2.05, 4.69) is 31.9 Å². The Bertz CT molecular complexity index is 839. The lowest BCUT2D eigenvalue weighted by molar-refractivity contribution is 0.916. The van der Waals surface area contributed by atoms with Crippen molar-refractivity contribution in [1.29, 1.82) is 0 Å². The van der Waals surface area contributed by atoms with Crippen molar-refractivity contribution in [3.8, 4) is 0 Å². The second-order valence-electron chi connectivity index (χ2n) is 5.78. The molecule has 0 saturated carbocycles. The van der Waals surface area contributed by atoms with Gasteiger partial charge in [0.05, 0.1) is 6.20 Å².